The molecule has 0 aromatic heterocycles. The molecule has 1 unspecified atom stereocenters. The summed E-state index contributed by atoms with van der Waals surface area (Å²) in [5.41, 5.74) is 1.93. The highest BCUT2D eigenvalue weighted by molar-refractivity contribution is 5.67. The fourth-order valence-electron chi connectivity index (χ4n) is 2.22. The molecule has 0 spiro atoms. The standard InChI is InChI=1S/C18H25NO4/c1-3-7-17(12-15(2)10-11-18(21)22)19(14-20)23-13-16-8-5-4-6-9-16/h4-6,8-9,12,14,17H,3,7,10-11,13H2,1-2H3,(H,21,22). The van der Waals surface area contributed by atoms with E-state index in [-0.39, 0.29) is 12.5 Å². The highest BCUT2D eigenvalue weighted by Crippen LogP contribution is 2.14. The predicted molar refractivity (Wildman–Crippen MR) is 88.5 cm³/mol. The molecular formula is C18H25NO4. The summed E-state index contributed by atoms with van der Waals surface area (Å²) in [4.78, 5) is 27.6. The smallest absolute Gasteiger partial charge is 0.303 e. The van der Waals surface area contributed by atoms with Gasteiger partial charge in [-0.3, -0.25) is 14.4 Å². The summed E-state index contributed by atoms with van der Waals surface area (Å²) in [5.74, 6) is -0.822. The Bertz CT molecular complexity index is 513. The Morgan fingerprint density at radius 2 is 2.00 bits per heavy atom. The number of hydroxylamine groups is 2. The Balaban J connectivity index is 2.69. The minimum absolute atomic E-state index is 0.0904. The van der Waals surface area contributed by atoms with Gasteiger partial charge in [-0.1, -0.05) is 55.3 Å². The average molecular weight is 319 g/mol. The number of allylic oxidation sites excluding steroid dienone is 1. The first kappa shape index (κ1) is 18.9. The average Bonchev–Trinajstić information content (AvgIpc) is 2.54. The molecule has 0 saturated heterocycles. The third-order valence-electron chi connectivity index (χ3n) is 3.45. The van der Waals surface area contributed by atoms with Crippen molar-refractivity contribution in [1.29, 1.82) is 0 Å². The lowest BCUT2D eigenvalue weighted by Crippen LogP contribution is -2.33. The van der Waals surface area contributed by atoms with E-state index in [1.807, 2.05) is 50.3 Å². The number of carboxylic acid groups (broad SMARTS) is 1. The first-order chi connectivity index (χ1) is 11.1. The van der Waals surface area contributed by atoms with E-state index in [0.29, 0.717) is 19.4 Å². The van der Waals surface area contributed by atoms with E-state index in [1.54, 1.807) is 0 Å². The molecule has 5 nitrogen and oxygen atoms in total. The molecule has 0 heterocycles. The van der Waals surface area contributed by atoms with Crippen LogP contribution in [-0.4, -0.2) is 28.6 Å². The van der Waals surface area contributed by atoms with Gasteiger partial charge in [-0.05, 0) is 25.3 Å². The van der Waals surface area contributed by atoms with Gasteiger partial charge in [-0.15, -0.1) is 0 Å². The van der Waals surface area contributed by atoms with Crippen LogP contribution in [0.3, 0.4) is 0 Å². The van der Waals surface area contributed by atoms with Crippen molar-refractivity contribution in [1.82, 2.24) is 5.06 Å². The minimum atomic E-state index is -0.822. The highest BCUT2D eigenvalue weighted by Gasteiger charge is 2.15. The Kier molecular flexibility index (Phi) is 8.68. The second-order valence-electron chi connectivity index (χ2n) is 5.49. The van der Waals surface area contributed by atoms with Crippen molar-refractivity contribution >= 4 is 12.4 Å². The lowest BCUT2D eigenvalue weighted by atomic mass is 10.1. The van der Waals surface area contributed by atoms with Crippen molar-refractivity contribution in [2.75, 3.05) is 0 Å². The summed E-state index contributed by atoms with van der Waals surface area (Å²) >= 11 is 0. The minimum Gasteiger partial charge on any atom is -0.481 e. The van der Waals surface area contributed by atoms with Crippen LogP contribution < -0.4 is 0 Å². The first-order valence-electron chi connectivity index (χ1n) is 7.86. The monoisotopic (exact) mass is 319 g/mol. The van der Waals surface area contributed by atoms with Crippen LogP contribution in [0.25, 0.3) is 0 Å². The largest absolute Gasteiger partial charge is 0.481 e. The van der Waals surface area contributed by atoms with Gasteiger partial charge in [-0.2, -0.15) is 0 Å². The summed E-state index contributed by atoms with van der Waals surface area (Å²) < 4.78 is 0. The number of amides is 1. The number of hydrogen-bond acceptors (Lipinski definition) is 3. The van der Waals surface area contributed by atoms with Gasteiger partial charge in [0.25, 0.3) is 0 Å². The van der Waals surface area contributed by atoms with Crippen LogP contribution in [0.2, 0.25) is 0 Å². The molecule has 1 N–H and O–H groups in total. The number of rotatable bonds is 11. The van der Waals surface area contributed by atoms with Gasteiger partial charge in [0, 0.05) is 6.42 Å². The van der Waals surface area contributed by atoms with Crippen molar-refractivity contribution < 1.29 is 19.5 Å². The second kappa shape index (κ2) is 10.6. The molecule has 126 valence electrons. The Hall–Kier alpha value is -2.14. The molecular weight excluding hydrogens is 294 g/mol. The van der Waals surface area contributed by atoms with Crippen LogP contribution in [-0.2, 0) is 21.0 Å². The van der Waals surface area contributed by atoms with E-state index in [1.165, 1.54) is 5.06 Å². The van der Waals surface area contributed by atoms with Crippen LogP contribution in [0.15, 0.2) is 42.0 Å². The van der Waals surface area contributed by atoms with Crippen molar-refractivity contribution in [3.63, 3.8) is 0 Å². The molecule has 1 rings (SSSR count). The van der Waals surface area contributed by atoms with Gasteiger partial charge in [0.05, 0.1) is 6.04 Å². The van der Waals surface area contributed by atoms with Gasteiger partial charge in [0.2, 0.25) is 6.41 Å². The van der Waals surface area contributed by atoms with E-state index in [4.69, 9.17) is 9.94 Å². The third-order valence-corrected chi connectivity index (χ3v) is 3.45. The van der Waals surface area contributed by atoms with E-state index < -0.39 is 5.97 Å². The van der Waals surface area contributed by atoms with E-state index in [2.05, 4.69) is 0 Å². The van der Waals surface area contributed by atoms with Crippen LogP contribution in [0, 0.1) is 0 Å². The highest BCUT2D eigenvalue weighted by atomic mass is 16.7. The Morgan fingerprint density at radius 3 is 2.57 bits per heavy atom. The summed E-state index contributed by atoms with van der Waals surface area (Å²) in [5, 5.41) is 10.1. The van der Waals surface area contributed by atoms with Gasteiger partial charge in [0.1, 0.15) is 6.61 Å². The molecule has 1 amide bonds. The zero-order valence-corrected chi connectivity index (χ0v) is 13.8. The van der Waals surface area contributed by atoms with Gasteiger partial charge in [0.15, 0.2) is 0 Å². The molecule has 0 aliphatic heterocycles. The molecule has 0 saturated carbocycles. The lowest BCUT2D eigenvalue weighted by molar-refractivity contribution is -0.187. The maximum absolute atomic E-state index is 11.4. The number of nitrogens with zero attached hydrogens (tertiary/aromatic N) is 1. The lowest BCUT2D eigenvalue weighted by Gasteiger charge is -2.25. The molecule has 0 fully saturated rings. The maximum Gasteiger partial charge on any atom is 0.303 e. The second-order valence-corrected chi connectivity index (χ2v) is 5.49. The number of carbonyl (C=O) groups excluding carboxylic acids is 1. The van der Waals surface area contributed by atoms with E-state index in [9.17, 15) is 9.59 Å². The molecule has 5 heteroatoms. The van der Waals surface area contributed by atoms with Crippen molar-refractivity contribution in [2.45, 2.75) is 52.2 Å². The summed E-state index contributed by atoms with van der Waals surface area (Å²) in [6.45, 7) is 4.24. The molecule has 23 heavy (non-hydrogen) atoms. The first-order valence-corrected chi connectivity index (χ1v) is 7.86. The summed E-state index contributed by atoms with van der Waals surface area (Å²) in [6, 6.07) is 9.45. The number of carbonyl (C=O) groups is 2. The molecule has 0 aliphatic rings. The Morgan fingerprint density at radius 1 is 1.30 bits per heavy atom. The molecule has 1 aromatic rings. The van der Waals surface area contributed by atoms with Crippen molar-refractivity contribution in [3.8, 4) is 0 Å². The SMILES string of the molecule is CCCC(C=C(C)CCC(=O)O)N(C=O)OCc1ccccc1. The van der Waals surface area contributed by atoms with E-state index >= 15 is 0 Å². The summed E-state index contributed by atoms with van der Waals surface area (Å²) in [6.07, 6.45) is 4.83. The molecule has 0 radical (unpaired) electrons. The fourth-order valence-corrected chi connectivity index (χ4v) is 2.22. The van der Waals surface area contributed by atoms with Crippen LogP contribution in [0.5, 0.6) is 0 Å². The summed E-state index contributed by atoms with van der Waals surface area (Å²) in [7, 11) is 0. The normalized spacial score (nSPS) is 12.7. The van der Waals surface area contributed by atoms with Crippen LogP contribution >= 0.6 is 0 Å². The van der Waals surface area contributed by atoms with Crippen LogP contribution in [0.4, 0.5) is 0 Å². The van der Waals surface area contributed by atoms with Crippen molar-refractivity contribution in [3.05, 3.63) is 47.5 Å². The topological polar surface area (TPSA) is 66.8 Å². The molecule has 1 atom stereocenters. The quantitative estimate of drug-likeness (QED) is 0.385. The predicted octanol–water partition coefficient (Wildman–Crippen LogP) is 3.56. The molecule has 1 aromatic carbocycles. The molecule has 0 bridgehead atoms. The van der Waals surface area contributed by atoms with Crippen LogP contribution in [0.1, 0.15) is 45.1 Å². The maximum atomic E-state index is 11.4. The zero-order valence-electron chi connectivity index (χ0n) is 13.8. The zero-order chi connectivity index (χ0) is 17.1. The number of benzene rings is 1. The van der Waals surface area contributed by atoms with Crippen molar-refractivity contribution in [2.24, 2.45) is 0 Å². The fraction of sp³-hybridized carbons (Fsp3) is 0.444. The number of aliphatic carboxylic acids is 1. The van der Waals surface area contributed by atoms with E-state index in [0.717, 1.165) is 24.0 Å². The number of hydrogen-bond donors (Lipinski definition) is 1. The van der Waals surface area contributed by atoms with Gasteiger partial charge < -0.3 is 5.11 Å². The van der Waals surface area contributed by atoms with Gasteiger partial charge in [-0.25, -0.2) is 5.06 Å². The Labute approximate surface area is 137 Å². The number of carboxylic acids is 1. The van der Waals surface area contributed by atoms with Gasteiger partial charge >= 0.3 is 5.97 Å². The third kappa shape index (κ3) is 7.61. The molecule has 0 aliphatic carbocycles.